The Morgan fingerprint density at radius 1 is 1.35 bits per heavy atom. The average molecular weight is 315 g/mol. The molecule has 1 aliphatic rings. The van der Waals surface area contributed by atoms with Gasteiger partial charge < -0.3 is 19.5 Å². The van der Waals surface area contributed by atoms with E-state index in [1.54, 1.807) is 19.1 Å². The minimum Gasteiger partial charge on any atom is -0.497 e. The summed E-state index contributed by atoms with van der Waals surface area (Å²) < 4.78 is 7.13. The molecule has 1 atom stereocenters. The molecule has 1 aromatic heterocycles. The van der Waals surface area contributed by atoms with Crippen LogP contribution in [0.1, 0.15) is 12.8 Å². The molecular formula is C17H21N3O3. The molecule has 6 nitrogen and oxygen atoms in total. The number of aromatic nitrogens is 1. The summed E-state index contributed by atoms with van der Waals surface area (Å²) in [5, 5.41) is 3.67. The van der Waals surface area contributed by atoms with E-state index in [1.807, 2.05) is 35.0 Å². The predicted octanol–water partition coefficient (Wildman–Crippen LogP) is 1.39. The number of hydrogen-bond donors (Lipinski definition) is 1. The first-order chi connectivity index (χ1) is 11.1. The number of hydrogen-bond acceptors (Lipinski definition) is 3. The minimum atomic E-state index is -0.338. The SMILES string of the molecule is CNC(=O)[C@H]1CCCN1C(=O)Cn1ccc2cc(OC)ccc21. The van der Waals surface area contributed by atoms with Crippen LogP contribution in [0.2, 0.25) is 0 Å². The first kappa shape index (κ1) is 15.4. The van der Waals surface area contributed by atoms with Gasteiger partial charge in [-0.25, -0.2) is 0 Å². The quantitative estimate of drug-likeness (QED) is 0.927. The number of fused-ring (bicyclic) bond motifs is 1. The van der Waals surface area contributed by atoms with Crippen LogP contribution in [-0.2, 0) is 16.1 Å². The van der Waals surface area contributed by atoms with Gasteiger partial charge >= 0.3 is 0 Å². The van der Waals surface area contributed by atoms with Gasteiger partial charge in [-0.15, -0.1) is 0 Å². The number of amides is 2. The topological polar surface area (TPSA) is 63.6 Å². The highest BCUT2D eigenvalue weighted by molar-refractivity contribution is 5.89. The molecule has 2 heterocycles. The average Bonchev–Trinajstić information content (AvgIpc) is 3.21. The van der Waals surface area contributed by atoms with Gasteiger partial charge in [0.15, 0.2) is 0 Å². The number of likely N-dealkylation sites (N-methyl/N-ethyl adjacent to an activating group) is 1. The molecule has 0 bridgehead atoms. The van der Waals surface area contributed by atoms with Gasteiger partial charge in [-0.1, -0.05) is 0 Å². The second kappa shape index (κ2) is 6.32. The molecule has 0 spiro atoms. The monoisotopic (exact) mass is 315 g/mol. The van der Waals surface area contributed by atoms with Crippen molar-refractivity contribution < 1.29 is 14.3 Å². The fraction of sp³-hybridized carbons (Fsp3) is 0.412. The van der Waals surface area contributed by atoms with Gasteiger partial charge in [-0.05, 0) is 37.1 Å². The van der Waals surface area contributed by atoms with Crippen molar-refractivity contribution >= 4 is 22.7 Å². The summed E-state index contributed by atoms with van der Waals surface area (Å²) in [5.41, 5.74) is 0.981. The van der Waals surface area contributed by atoms with Crippen molar-refractivity contribution in [2.24, 2.45) is 0 Å². The highest BCUT2D eigenvalue weighted by atomic mass is 16.5. The second-order valence-electron chi connectivity index (χ2n) is 5.73. The number of nitrogens with one attached hydrogen (secondary N) is 1. The predicted molar refractivity (Wildman–Crippen MR) is 87.3 cm³/mol. The maximum absolute atomic E-state index is 12.6. The van der Waals surface area contributed by atoms with E-state index in [9.17, 15) is 9.59 Å². The number of carbonyl (C=O) groups is 2. The summed E-state index contributed by atoms with van der Waals surface area (Å²) in [6.45, 7) is 0.882. The molecule has 3 rings (SSSR count). The van der Waals surface area contributed by atoms with E-state index in [2.05, 4.69) is 5.32 Å². The first-order valence-corrected chi connectivity index (χ1v) is 7.78. The Bertz CT molecular complexity index is 738. The van der Waals surface area contributed by atoms with Crippen LogP contribution in [-0.4, -0.2) is 48.0 Å². The molecule has 0 radical (unpaired) electrons. The molecule has 6 heteroatoms. The standard InChI is InChI=1S/C17H21N3O3/c1-18-17(22)15-4-3-8-20(15)16(21)11-19-9-7-12-10-13(23-2)5-6-14(12)19/h5-7,9-10,15H,3-4,8,11H2,1-2H3,(H,18,22)/t15-/m1/s1. The molecule has 1 N–H and O–H groups in total. The fourth-order valence-corrected chi connectivity index (χ4v) is 3.18. The third kappa shape index (κ3) is 2.88. The van der Waals surface area contributed by atoms with Crippen LogP contribution in [0.3, 0.4) is 0 Å². The van der Waals surface area contributed by atoms with Gasteiger partial charge in [0, 0.05) is 30.7 Å². The van der Waals surface area contributed by atoms with Gasteiger partial charge in [-0.3, -0.25) is 9.59 Å². The highest BCUT2D eigenvalue weighted by Crippen LogP contribution is 2.23. The van der Waals surface area contributed by atoms with Crippen LogP contribution in [0.15, 0.2) is 30.5 Å². The third-order valence-corrected chi connectivity index (χ3v) is 4.41. The Labute approximate surface area is 135 Å². The number of benzene rings is 1. The smallest absolute Gasteiger partial charge is 0.243 e. The summed E-state index contributed by atoms with van der Waals surface area (Å²) in [6.07, 6.45) is 3.50. The van der Waals surface area contributed by atoms with Crippen LogP contribution in [0.25, 0.3) is 10.9 Å². The van der Waals surface area contributed by atoms with E-state index in [4.69, 9.17) is 4.74 Å². The number of nitrogens with zero attached hydrogens (tertiary/aromatic N) is 2. The van der Waals surface area contributed by atoms with E-state index in [-0.39, 0.29) is 24.4 Å². The molecule has 0 saturated carbocycles. The Kier molecular flexibility index (Phi) is 4.23. The second-order valence-corrected chi connectivity index (χ2v) is 5.73. The summed E-state index contributed by atoms with van der Waals surface area (Å²) in [5.74, 6) is 0.683. The summed E-state index contributed by atoms with van der Waals surface area (Å²) in [6, 6.07) is 7.40. The van der Waals surface area contributed by atoms with Crippen LogP contribution < -0.4 is 10.1 Å². The normalized spacial score (nSPS) is 17.5. The van der Waals surface area contributed by atoms with Crippen molar-refractivity contribution in [3.05, 3.63) is 30.5 Å². The summed E-state index contributed by atoms with van der Waals surface area (Å²) >= 11 is 0. The van der Waals surface area contributed by atoms with Gasteiger partial charge in [0.1, 0.15) is 18.3 Å². The molecule has 1 fully saturated rings. The summed E-state index contributed by atoms with van der Waals surface area (Å²) in [4.78, 5) is 26.2. The van der Waals surface area contributed by atoms with E-state index >= 15 is 0 Å². The van der Waals surface area contributed by atoms with Crippen molar-refractivity contribution in [1.82, 2.24) is 14.8 Å². The van der Waals surface area contributed by atoms with Gasteiger partial charge in [-0.2, -0.15) is 0 Å². The molecule has 0 unspecified atom stereocenters. The van der Waals surface area contributed by atoms with Gasteiger partial charge in [0.25, 0.3) is 0 Å². The molecule has 0 aliphatic carbocycles. The largest absolute Gasteiger partial charge is 0.497 e. The Balaban J connectivity index is 1.79. The number of methoxy groups -OCH3 is 1. The van der Waals surface area contributed by atoms with Crippen LogP contribution in [0.4, 0.5) is 0 Å². The van der Waals surface area contributed by atoms with E-state index in [1.165, 1.54) is 0 Å². The molecule has 1 saturated heterocycles. The van der Waals surface area contributed by atoms with Crippen molar-refractivity contribution in [2.45, 2.75) is 25.4 Å². The lowest BCUT2D eigenvalue weighted by Crippen LogP contribution is -2.45. The Morgan fingerprint density at radius 3 is 2.91 bits per heavy atom. The third-order valence-electron chi connectivity index (χ3n) is 4.41. The highest BCUT2D eigenvalue weighted by Gasteiger charge is 2.33. The maximum atomic E-state index is 12.6. The molecule has 2 aromatic rings. The Morgan fingerprint density at radius 2 is 2.17 bits per heavy atom. The van der Waals surface area contributed by atoms with E-state index < -0.39 is 0 Å². The molecule has 122 valence electrons. The number of ether oxygens (including phenoxy) is 1. The lowest BCUT2D eigenvalue weighted by Gasteiger charge is -2.23. The van der Waals surface area contributed by atoms with Crippen LogP contribution in [0.5, 0.6) is 5.75 Å². The molecule has 1 aliphatic heterocycles. The van der Waals surface area contributed by atoms with E-state index in [0.29, 0.717) is 6.54 Å². The lowest BCUT2D eigenvalue weighted by molar-refractivity contribution is -0.138. The fourth-order valence-electron chi connectivity index (χ4n) is 3.18. The zero-order valence-corrected chi connectivity index (χ0v) is 13.4. The van der Waals surface area contributed by atoms with E-state index in [0.717, 1.165) is 29.5 Å². The maximum Gasteiger partial charge on any atom is 0.243 e. The molecule has 23 heavy (non-hydrogen) atoms. The minimum absolute atomic E-state index is 0.0237. The number of carbonyl (C=O) groups excluding carboxylic acids is 2. The van der Waals surface area contributed by atoms with Crippen LogP contribution >= 0.6 is 0 Å². The zero-order chi connectivity index (χ0) is 16.4. The lowest BCUT2D eigenvalue weighted by atomic mass is 10.2. The van der Waals surface area contributed by atoms with Gasteiger partial charge in [0.05, 0.1) is 7.11 Å². The molecule has 1 aromatic carbocycles. The zero-order valence-electron chi connectivity index (χ0n) is 13.4. The van der Waals surface area contributed by atoms with Crippen LogP contribution in [0, 0.1) is 0 Å². The van der Waals surface area contributed by atoms with Crippen molar-refractivity contribution in [3.63, 3.8) is 0 Å². The van der Waals surface area contributed by atoms with Gasteiger partial charge in [0.2, 0.25) is 11.8 Å². The number of likely N-dealkylation sites (tertiary alicyclic amines) is 1. The Hall–Kier alpha value is -2.50. The number of rotatable bonds is 4. The van der Waals surface area contributed by atoms with Crippen molar-refractivity contribution in [1.29, 1.82) is 0 Å². The first-order valence-electron chi connectivity index (χ1n) is 7.78. The van der Waals surface area contributed by atoms with Crippen molar-refractivity contribution in [2.75, 3.05) is 20.7 Å². The molecular weight excluding hydrogens is 294 g/mol. The summed E-state index contributed by atoms with van der Waals surface area (Å²) in [7, 11) is 3.24. The van der Waals surface area contributed by atoms with Crippen molar-refractivity contribution in [3.8, 4) is 5.75 Å². The molecule has 2 amide bonds.